The summed E-state index contributed by atoms with van der Waals surface area (Å²) >= 11 is 1.38. The van der Waals surface area contributed by atoms with Crippen molar-refractivity contribution in [3.63, 3.8) is 0 Å². The van der Waals surface area contributed by atoms with Crippen molar-refractivity contribution in [2.45, 2.75) is 33.4 Å². The van der Waals surface area contributed by atoms with Crippen molar-refractivity contribution < 1.29 is 9.59 Å². The van der Waals surface area contributed by atoms with Gasteiger partial charge in [0.1, 0.15) is 11.4 Å². The summed E-state index contributed by atoms with van der Waals surface area (Å²) < 4.78 is 1.28. The van der Waals surface area contributed by atoms with Gasteiger partial charge in [0, 0.05) is 12.6 Å². The van der Waals surface area contributed by atoms with Crippen LogP contribution in [0.5, 0.6) is 0 Å². The Morgan fingerprint density at radius 2 is 2.17 bits per heavy atom. The molecule has 0 radical (unpaired) electrons. The van der Waals surface area contributed by atoms with Crippen molar-refractivity contribution in [2.75, 3.05) is 13.1 Å². The second-order valence-electron chi connectivity index (χ2n) is 5.45. The quantitative estimate of drug-likeness (QED) is 0.847. The molecule has 124 valence electrons. The van der Waals surface area contributed by atoms with E-state index in [1.807, 2.05) is 13.8 Å². The average molecular weight is 336 g/mol. The number of aromatic nitrogens is 2. The molecule has 0 saturated carbocycles. The van der Waals surface area contributed by atoms with Gasteiger partial charge in [0.15, 0.2) is 0 Å². The molecular formula is C15H20N4O3S. The highest BCUT2D eigenvalue weighted by Gasteiger charge is 2.17. The van der Waals surface area contributed by atoms with Crippen LogP contribution in [0.25, 0.3) is 10.2 Å². The van der Waals surface area contributed by atoms with Crippen LogP contribution in [-0.2, 0) is 16.1 Å². The van der Waals surface area contributed by atoms with Crippen molar-refractivity contribution in [3.8, 4) is 0 Å². The average Bonchev–Trinajstić information content (AvgIpc) is 2.96. The third-order valence-electron chi connectivity index (χ3n) is 3.27. The largest absolute Gasteiger partial charge is 0.352 e. The molecule has 0 aliphatic heterocycles. The number of carbonyl (C=O) groups excluding carboxylic acids is 2. The van der Waals surface area contributed by atoms with Crippen LogP contribution in [-0.4, -0.2) is 45.4 Å². The topological polar surface area (TPSA) is 84.3 Å². The number of carbonyl (C=O) groups is 2. The van der Waals surface area contributed by atoms with Crippen molar-refractivity contribution in [1.29, 1.82) is 0 Å². The molecule has 2 heterocycles. The van der Waals surface area contributed by atoms with Crippen LogP contribution in [0.4, 0.5) is 0 Å². The summed E-state index contributed by atoms with van der Waals surface area (Å²) in [5.74, 6) is -0.501. The van der Waals surface area contributed by atoms with E-state index in [0.717, 1.165) is 0 Å². The maximum atomic E-state index is 12.4. The lowest BCUT2D eigenvalue weighted by molar-refractivity contribution is -0.136. The Morgan fingerprint density at radius 3 is 2.83 bits per heavy atom. The van der Waals surface area contributed by atoms with Gasteiger partial charge in [0.05, 0.1) is 18.3 Å². The van der Waals surface area contributed by atoms with Gasteiger partial charge in [-0.1, -0.05) is 0 Å². The standard InChI is InChI=1S/C15H20N4O3S/c1-4-18(7-12(20)17-10(2)3)13(21)8-19-9-16-14-11(15(19)22)5-6-23-14/h5-6,9-10H,4,7-8H2,1-3H3,(H,17,20). The molecule has 8 heteroatoms. The number of nitrogens with zero attached hydrogens (tertiary/aromatic N) is 3. The molecule has 0 saturated heterocycles. The smallest absolute Gasteiger partial charge is 0.262 e. The first-order valence-corrected chi connectivity index (χ1v) is 8.30. The van der Waals surface area contributed by atoms with Crippen LogP contribution < -0.4 is 10.9 Å². The minimum Gasteiger partial charge on any atom is -0.352 e. The zero-order valence-corrected chi connectivity index (χ0v) is 14.2. The molecule has 0 aromatic carbocycles. The summed E-state index contributed by atoms with van der Waals surface area (Å²) in [5, 5.41) is 5.04. The SMILES string of the molecule is CCN(CC(=O)NC(C)C)C(=O)Cn1cnc2sccc2c1=O. The maximum Gasteiger partial charge on any atom is 0.262 e. The highest BCUT2D eigenvalue weighted by Crippen LogP contribution is 2.13. The fraction of sp³-hybridized carbons (Fsp3) is 0.467. The minimum atomic E-state index is -0.287. The van der Waals surface area contributed by atoms with Crippen molar-refractivity contribution >= 4 is 33.4 Å². The first-order chi connectivity index (χ1) is 10.9. The molecule has 7 nitrogen and oxygen atoms in total. The Bertz CT molecular complexity index is 765. The monoisotopic (exact) mass is 336 g/mol. The van der Waals surface area contributed by atoms with Gasteiger partial charge in [-0.15, -0.1) is 11.3 Å². The van der Waals surface area contributed by atoms with Crippen LogP contribution >= 0.6 is 11.3 Å². The summed E-state index contributed by atoms with van der Waals surface area (Å²) in [7, 11) is 0. The molecule has 1 N–H and O–H groups in total. The molecule has 0 atom stereocenters. The molecule has 0 fully saturated rings. The van der Waals surface area contributed by atoms with E-state index in [1.54, 1.807) is 18.4 Å². The Hall–Kier alpha value is -2.22. The van der Waals surface area contributed by atoms with Gasteiger partial charge in [-0.3, -0.25) is 19.0 Å². The van der Waals surface area contributed by atoms with Gasteiger partial charge in [0.2, 0.25) is 11.8 Å². The Balaban J connectivity index is 2.10. The first-order valence-electron chi connectivity index (χ1n) is 7.42. The van der Waals surface area contributed by atoms with Gasteiger partial charge >= 0.3 is 0 Å². The zero-order chi connectivity index (χ0) is 17.0. The summed E-state index contributed by atoms with van der Waals surface area (Å²) in [6.07, 6.45) is 1.38. The summed E-state index contributed by atoms with van der Waals surface area (Å²) in [5.41, 5.74) is -0.243. The number of fused-ring (bicyclic) bond motifs is 1. The van der Waals surface area contributed by atoms with Gasteiger partial charge < -0.3 is 10.2 Å². The highest BCUT2D eigenvalue weighted by molar-refractivity contribution is 7.16. The molecule has 2 aromatic heterocycles. The molecule has 2 aromatic rings. The van der Waals surface area contributed by atoms with E-state index in [1.165, 1.54) is 27.1 Å². The summed E-state index contributed by atoms with van der Waals surface area (Å²) in [6.45, 7) is 5.77. The highest BCUT2D eigenvalue weighted by atomic mass is 32.1. The fourth-order valence-electron chi connectivity index (χ4n) is 2.17. The summed E-state index contributed by atoms with van der Waals surface area (Å²) in [6, 6.07) is 1.72. The number of hydrogen-bond acceptors (Lipinski definition) is 5. The van der Waals surface area contributed by atoms with E-state index in [9.17, 15) is 14.4 Å². The Labute approximate surface area is 137 Å². The third kappa shape index (κ3) is 4.16. The number of thiophene rings is 1. The van der Waals surface area contributed by atoms with Gasteiger partial charge in [-0.05, 0) is 32.2 Å². The number of hydrogen-bond donors (Lipinski definition) is 1. The van der Waals surface area contributed by atoms with Crippen molar-refractivity contribution in [1.82, 2.24) is 19.8 Å². The first kappa shape index (κ1) is 17.1. The lowest BCUT2D eigenvalue weighted by Gasteiger charge is -2.21. The van der Waals surface area contributed by atoms with Crippen LogP contribution in [0.3, 0.4) is 0 Å². The lowest BCUT2D eigenvalue weighted by Crippen LogP contribution is -2.44. The van der Waals surface area contributed by atoms with E-state index in [2.05, 4.69) is 10.3 Å². The molecule has 2 amide bonds. The van der Waals surface area contributed by atoms with Crippen LogP contribution in [0.2, 0.25) is 0 Å². The summed E-state index contributed by atoms with van der Waals surface area (Å²) in [4.78, 5) is 42.7. The lowest BCUT2D eigenvalue weighted by atomic mass is 10.3. The third-order valence-corrected chi connectivity index (χ3v) is 4.10. The normalized spacial score (nSPS) is 11.0. The van der Waals surface area contributed by atoms with E-state index >= 15 is 0 Å². The van der Waals surface area contributed by atoms with Crippen LogP contribution in [0.1, 0.15) is 20.8 Å². The molecule has 0 bridgehead atoms. The molecule has 0 aliphatic rings. The molecule has 23 heavy (non-hydrogen) atoms. The van der Waals surface area contributed by atoms with Crippen LogP contribution in [0, 0.1) is 0 Å². The molecule has 2 rings (SSSR count). The van der Waals surface area contributed by atoms with E-state index in [0.29, 0.717) is 16.8 Å². The number of amides is 2. The fourth-order valence-corrected chi connectivity index (χ4v) is 2.89. The van der Waals surface area contributed by atoms with Gasteiger partial charge in [-0.2, -0.15) is 0 Å². The number of likely N-dealkylation sites (N-methyl/N-ethyl adjacent to an activating group) is 1. The molecule has 0 aliphatic carbocycles. The molecule has 0 unspecified atom stereocenters. The number of rotatable bonds is 6. The molecular weight excluding hydrogens is 316 g/mol. The minimum absolute atomic E-state index is 0.0175. The van der Waals surface area contributed by atoms with E-state index < -0.39 is 0 Å². The number of nitrogens with one attached hydrogen (secondary N) is 1. The maximum absolute atomic E-state index is 12.4. The predicted octanol–water partition coefficient (Wildman–Crippen LogP) is 0.831. The van der Waals surface area contributed by atoms with E-state index in [-0.39, 0.29) is 36.5 Å². The zero-order valence-electron chi connectivity index (χ0n) is 13.4. The van der Waals surface area contributed by atoms with Crippen molar-refractivity contribution in [2.24, 2.45) is 0 Å². The second-order valence-corrected chi connectivity index (χ2v) is 6.34. The van der Waals surface area contributed by atoms with E-state index in [4.69, 9.17) is 0 Å². The van der Waals surface area contributed by atoms with Crippen LogP contribution in [0.15, 0.2) is 22.6 Å². The van der Waals surface area contributed by atoms with Gasteiger partial charge in [-0.25, -0.2) is 4.98 Å². The van der Waals surface area contributed by atoms with Gasteiger partial charge in [0.25, 0.3) is 5.56 Å². The molecule has 0 spiro atoms. The second kappa shape index (κ2) is 7.36. The Kier molecular flexibility index (Phi) is 5.49. The predicted molar refractivity (Wildman–Crippen MR) is 89.4 cm³/mol. The van der Waals surface area contributed by atoms with Crippen molar-refractivity contribution in [3.05, 3.63) is 28.1 Å². The Morgan fingerprint density at radius 1 is 1.43 bits per heavy atom.